The van der Waals surface area contributed by atoms with Crippen molar-refractivity contribution in [3.05, 3.63) is 34.3 Å². The minimum atomic E-state index is -0.312. The molecule has 0 bridgehead atoms. The van der Waals surface area contributed by atoms with E-state index in [4.69, 9.17) is 10.3 Å². The maximum Gasteiger partial charge on any atom is 0.224 e. The molecule has 14 heavy (non-hydrogen) atoms. The minimum Gasteiger partial charge on any atom is -0.480 e. The number of ketones is 1. The first-order valence-electron chi connectivity index (χ1n) is 3.82. The Balaban J connectivity index is 2.93. The molecule has 0 aliphatic heterocycles. The number of ether oxygens (including phenoxy) is 1. The normalized spacial score (nSPS) is 8.93. The van der Waals surface area contributed by atoms with Crippen LogP contribution in [0.1, 0.15) is 10.4 Å². The minimum absolute atomic E-state index is 0.224. The second-order valence-corrected chi connectivity index (χ2v) is 2.37. The van der Waals surface area contributed by atoms with E-state index in [1.807, 2.05) is 0 Å². The zero-order chi connectivity index (χ0) is 10.4. The molecule has 0 saturated carbocycles. The highest BCUT2D eigenvalue weighted by Crippen LogP contribution is 2.13. The van der Waals surface area contributed by atoms with Crippen LogP contribution in [0.5, 0.6) is 5.88 Å². The van der Waals surface area contributed by atoms with Crippen molar-refractivity contribution in [1.82, 2.24) is 4.98 Å². The van der Waals surface area contributed by atoms with E-state index in [0.717, 1.165) is 0 Å². The fraction of sp³-hybridized carbons (Fsp3) is 0.250. The topological polar surface area (TPSA) is 88.0 Å². The molecular weight excluding hydrogens is 184 g/mol. The van der Waals surface area contributed by atoms with Gasteiger partial charge >= 0.3 is 0 Å². The van der Waals surface area contributed by atoms with Crippen LogP contribution in [-0.4, -0.2) is 24.4 Å². The number of hydrogen-bond donors (Lipinski definition) is 0. The van der Waals surface area contributed by atoms with Crippen LogP contribution in [0.15, 0.2) is 23.4 Å². The van der Waals surface area contributed by atoms with Gasteiger partial charge in [0.15, 0.2) is 5.78 Å². The van der Waals surface area contributed by atoms with Crippen molar-refractivity contribution in [3.8, 4) is 5.88 Å². The van der Waals surface area contributed by atoms with Crippen LogP contribution in [0.3, 0.4) is 0 Å². The number of azide groups is 1. The number of pyridine rings is 1. The van der Waals surface area contributed by atoms with Gasteiger partial charge in [0.1, 0.15) is 0 Å². The third kappa shape index (κ3) is 2.21. The molecule has 0 saturated heterocycles. The molecule has 1 rings (SSSR count). The Labute approximate surface area is 80.2 Å². The molecule has 0 atom stereocenters. The van der Waals surface area contributed by atoms with E-state index < -0.39 is 0 Å². The van der Waals surface area contributed by atoms with Gasteiger partial charge in [-0.2, -0.15) is 0 Å². The van der Waals surface area contributed by atoms with Crippen LogP contribution in [0.2, 0.25) is 0 Å². The second kappa shape index (κ2) is 4.84. The number of carbonyl (C=O) groups is 1. The molecule has 0 amide bonds. The smallest absolute Gasteiger partial charge is 0.224 e. The average Bonchev–Trinajstić information content (AvgIpc) is 2.25. The van der Waals surface area contributed by atoms with Gasteiger partial charge in [-0.3, -0.25) is 4.79 Å². The summed E-state index contributed by atoms with van der Waals surface area (Å²) in [7, 11) is 1.42. The van der Waals surface area contributed by atoms with Gasteiger partial charge in [-0.25, -0.2) is 4.98 Å². The molecular formula is C8H8N4O2. The van der Waals surface area contributed by atoms with E-state index in [-0.39, 0.29) is 18.2 Å². The van der Waals surface area contributed by atoms with Gasteiger partial charge < -0.3 is 4.74 Å². The van der Waals surface area contributed by atoms with E-state index in [0.29, 0.717) is 5.56 Å². The fourth-order valence-corrected chi connectivity index (χ4v) is 0.947. The van der Waals surface area contributed by atoms with Crippen molar-refractivity contribution in [2.24, 2.45) is 5.11 Å². The lowest BCUT2D eigenvalue weighted by Crippen LogP contribution is -2.06. The van der Waals surface area contributed by atoms with Crippen LogP contribution in [0.25, 0.3) is 10.4 Å². The monoisotopic (exact) mass is 192 g/mol. The number of rotatable bonds is 4. The lowest BCUT2D eigenvalue weighted by Gasteiger charge is -2.03. The third-order valence-corrected chi connectivity index (χ3v) is 1.54. The number of hydrogen-bond acceptors (Lipinski definition) is 4. The summed E-state index contributed by atoms with van der Waals surface area (Å²) in [5, 5.41) is 3.17. The third-order valence-electron chi connectivity index (χ3n) is 1.54. The van der Waals surface area contributed by atoms with Gasteiger partial charge in [-0.05, 0) is 17.7 Å². The molecule has 72 valence electrons. The SMILES string of the molecule is COc1ncccc1C(=O)CN=[N+]=[N-]. The standard InChI is InChI=1S/C8H8N4O2/c1-14-8-6(3-2-4-10-8)7(13)5-11-12-9/h2-4H,5H2,1H3. The van der Waals surface area contributed by atoms with E-state index in [1.165, 1.54) is 13.3 Å². The van der Waals surface area contributed by atoms with Gasteiger partial charge in [0.2, 0.25) is 5.88 Å². The Kier molecular flexibility index (Phi) is 3.46. The molecule has 0 unspecified atom stereocenters. The van der Waals surface area contributed by atoms with Crippen LogP contribution in [-0.2, 0) is 0 Å². The first-order chi connectivity index (χ1) is 6.79. The summed E-state index contributed by atoms with van der Waals surface area (Å²) in [5.41, 5.74) is 8.37. The summed E-state index contributed by atoms with van der Waals surface area (Å²) < 4.78 is 4.88. The molecule has 1 aromatic heterocycles. The summed E-state index contributed by atoms with van der Waals surface area (Å²) in [6.45, 7) is -0.224. The number of nitrogens with zero attached hydrogens (tertiary/aromatic N) is 4. The molecule has 1 heterocycles. The molecule has 0 aliphatic carbocycles. The summed E-state index contributed by atoms with van der Waals surface area (Å²) in [6.07, 6.45) is 1.52. The van der Waals surface area contributed by atoms with E-state index in [2.05, 4.69) is 15.0 Å². The van der Waals surface area contributed by atoms with Crippen molar-refractivity contribution in [2.75, 3.05) is 13.7 Å². The molecule has 0 aromatic carbocycles. The van der Waals surface area contributed by atoms with Crippen LogP contribution >= 0.6 is 0 Å². The highest BCUT2D eigenvalue weighted by atomic mass is 16.5. The Hall–Kier alpha value is -2.07. The molecule has 1 aromatic rings. The molecule has 0 spiro atoms. The Morgan fingerprint density at radius 1 is 1.79 bits per heavy atom. The molecule has 6 heteroatoms. The van der Waals surface area contributed by atoms with Gasteiger partial charge in [-0.1, -0.05) is 5.11 Å². The average molecular weight is 192 g/mol. The van der Waals surface area contributed by atoms with Gasteiger partial charge in [0, 0.05) is 11.1 Å². The summed E-state index contributed by atoms with van der Waals surface area (Å²) >= 11 is 0. The second-order valence-electron chi connectivity index (χ2n) is 2.37. The summed E-state index contributed by atoms with van der Waals surface area (Å²) in [4.78, 5) is 17.7. The van der Waals surface area contributed by atoms with Crippen molar-refractivity contribution in [1.29, 1.82) is 0 Å². The van der Waals surface area contributed by atoms with Crippen LogP contribution in [0.4, 0.5) is 0 Å². The Morgan fingerprint density at radius 3 is 3.21 bits per heavy atom. The lowest BCUT2D eigenvalue weighted by atomic mass is 10.2. The largest absolute Gasteiger partial charge is 0.480 e. The van der Waals surface area contributed by atoms with Crippen LogP contribution in [0, 0.1) is 0 Å². The molecule has 0 N–H and O–H groups in total. The first kappa shape index (κ1) is 10.0. The van der Waals surface area contributed by atoms with Crippen LogP contribution < -0.4 is 4.74 Å². The summed E-state index contributed by atoms with van der Waals surface area (Å²) in [6, 6.07) is 3.19. The zero-order valence-corrected chi connectivity index (χ0v) is 7.54. The molecule has 0 fully saturated rings. The molecule has 0 radical (unpaired) electrons. The van der Waals surface area contributed by atoms with Gasteiger partial charge in [0.05, 0.1) is 19.2 Å². The lowest BCUT2D eigenvalue weighted by molar-refractivity contribution is 0.0998. The quantitative estimate of drug-likeness (QED) is 0.314. The number of Topliss-reactive ketones (excluding diaryl/α,β-unsaturated/α-hetero) is 1. The van der Waals surface area contributed by atoms with E-state index in [1.54, 1.807) is 12.1 Å². The van der Waals surface area contributed by atoms with Crippen molar-refractivity contribution in [2.45, 2.75) is 0 Å². The fourth-order valence-electron chi connectivity index (χ4n) is 0.947. The van der Waals surface area contributed by atoms with Crippen molar-refractivity contribution >= 4 is 5.78 Å². The molecule has 6 nitrogen and oxygen atoms in total. The maximum atomic E-state index is 11.4. The van der Waals surface area contributed by atoms with Gasteiger partial charge in [-0.15, -0.1) is 0 Å². The van der Waals surface area contributed by atoms with Gasteiger partial charge in [0.25, 0.3) is 0 Å². The highest BCUT2D eigenvalue weighted by molar-refractivity contribution is 5.99. The number of aromatic nitrogens is 1. The predicted octanol–water partition coefficient (Wildman–Crippen LogP) is 1.58. The molecule has 0 aliphatic rings. The van der Waals surface area contributed by atoms with Crippen molar-refractivity contribution in [3.63, 3.8) is 0 Å². The highest BCUT2D eigenvalue weighted by Gasteiger charge is 2.10. The predicted molar refractivity (Wildman–Crippen MR) is 49.1 cm³/mol. The summed E-state index contributed by atoms with van der Waals surface area (Å²) in [5.74, 6) is -0.0709. The zero-order valence-electron chi connectivity index (χ0n) is 7.54. The number of methoxy groups -OCH3 is 1. The maximum absolute atomic E-state index is 11.4. The first-order valence-corrected chi connectivity index (χ1v) is 3.82. The Bertz CT molecular complexity index is 385. The van der Waals surface area contributed by atoms with E-state index in [9.17, 15) is 4.79 Å². The van der Waals surface area contributed by atoms with E-state index >= 15 is 0 Å². The number of carbonyl (C=O) groups excluding carboxylic acids is 1. The van der Waals surface area contributed by atoms with Crippen molar-refractivity contribution < 1.29 is 9.53 Å². The Morgan fingerprint density at radius 2 is 2.57 bits per heavy atom.